The minimum absolute atomic E-state index is 0.109. The van der Waals surface area contributed by atoms with Crippen LogP contribution < -0.4 is 0 Å². The third-order valence-corrected chi connectivity index (χ3v) is 3.50. The molecule has 3 nitrogen and oxygen atoms in total. The lowest BCUT2D eigenvalue weighted by molar-refractivity contribution is -0.152. The van der Waals surface area contributed by atoms with Gasteiger partial charge in [0.15, 0.2) is 0 Å². The number of esters is 1. The van der Waals surface area contributed by atoms with Gasteiger partial charge in [0.1, 0.15) is 11.7 Å². The highest BCUT2D eigenvalue weighted by Crippen LogP contribution is 2.46. The van der Waals surface area contributed by atoms with Crippen LogP contribution in [0.5, 0.6) is 0 Å². The highest BCUT2D eigenvalue weighted by atomic mass is 16.5. The molecule has 3 atom stereocenters. The van der Waals surface area contributed by atoms with Crippen molar-refractivity contribution >= 4 is 11.8 Å². The molecule has 2 rings (SSSR count). The van der Waals surface area contributed by atoms with Crippen LogP contribution in [0.25, 0.3) is 0 Å². The minimum atomic E-state index is -0.428. The topological polar surface area (TPSA) is 43.4 Å². The van der Waals surface area contributed by atoms with Gasteiger partial charge in [0.25, 0.3) is 0 Å². The van der Waals surface area contributed by atoms with E-state index in [0.717, 1.165) is 12.8 Å². The molecule has 0 aromatic heterocycles. The molecule has 0 amide bonds. The summed E-state index contributed by atoms with van der Waals surface area (Å²) in [5.41, 5.74) is 0. The van der Waals surface area contributed by atoms with Gasteiger partial charge >= 0.3 is 5.97 Å². The van der Waals surface area contributed by atoms with Crippen molar-refractivity contribution in [1.29, 1.82) is 0 Å². The first kappa shape index (κ1) is 9.69. The Morgan fingerprint density at radius 1 is 1.50 bits per heavy atom. The molecule has 0 spiro atoms. The van der Waals surface area contributed by atoms with E-state index >= 15 is 0 Å². The summed E-state index contributed by atoms with van der Waals surface area (Å²) in [6.07, 6.45) is 3.92. The zero-order valence-corrected chi connectivity index (χ0v) is 8.49. The van der Waals surface area contributed by atoms with Crippen molar-refractivity contribution in [3.05, 3.63) is 0 Å². The highest BCUT2D eigenvalue weighted by Gasteiger charge is 2.48. The average Bonchev–Trinajstić information content (AvgIpc) is 2.63. The molecule has 0 heterocycles. The molecule has 0 aliphatic heterocycles. The number of rotatable bonds is 2. The van der Waals surface area contributed by atoms with Crippen LogP contribution in [0.15, 0.2) is 0 Å². The Morgan fingerprint density at radius 3 is 3.00 bits per heavy atom. The summed E-state index contributed by atoms with van der Waals surface area (Å²) in [4.78, 5) is 23.2. The first-order chi connectivity index (χ1) is 6.74. The van der Waals surface area contributed by atoms with Crippen molar-refractivity contribution in [2.45, 2.75) is 32.6 Å². The molecule has 0 aromatic rings. The van der Waals surface area contributed by atoms with Gasteiger partial charge in [-0.2, -0.15) is 0 Å². The lowest BCUT2D eigenvalue weighted by atomic mass is 9.92. The SMILES string of the molecule is CCOC(=O)[C@H]1C(=O)CC2CCCC21. The Hall–Kier alpha value is -0.860. The van der Waals surface area contributed by atoms with Gasteiger partial charge < -0.3 is 4.74 Å². The standard InChI is InChI=1S/C11H16O3/c1-2-14-11(13)10-8-5-3-4-7(8)6-9(10)12/h7-8,10H,2-6H2,1H3/t7?,8?,10-/m1/s1. The van der Waals surface area contributed by atoms with E-state index in [9.17, 15) is 9.59 Å². The molecule has 78 valence electrons. The second-order valence-electron chi connectivity index (χ2n) is 4.25. The van der Waals surface area contributed by atoms with Crippen LogP contribution in [-0.4, -0.2) is 18.4 Å². The molecule has 0 aromatic carbocycles. The van der Waals surface area contributed by atoms with Crippen molar-refractivity contribution in [3.63, 3.8) is 0 Å². The molecule has 2 fully saturated rings. The van der Waals surface area contributed by atoms with Gasteiger partial charge in [-0.15, -0.1) is 0 Å². The molecule has 0 saturated heterocycles. The first-order valence-electron chi connectivity index (χ1n) is 5.43. The van der Waals surface area contributed by atoms with Crippen LogP contribution in [0.4, 0.5) is 0 Å². The van der Waals surface area contributed by atoms with Crippen LogP contribution in [0, 0.1) is 17.8 Å². The molecular formula is C11H16O3. The predicted molar refractivity (Wildman–Crippen MR) is 50.6 cm³/mol. The predicted octanol–water partition coefficient (Wildman–Crippen LogP) is 1.55. The summed E-state index contributed by atoms with van der Waals surface area (Å²) in [7, 11) is 0. The maximum absolute atomic E-state index is 11.6. The van der Waals surface area contributed by atoms with E-state index in [2.05, 4.69) is 0 Å². The molecule has 0 radical (unpaired) electrons. The summed E-state index contributed by atoms with van der Waals surface area (Å²) in [5.74, 6) is 0.158. The minimum Gasteiger partial charge on any atom is -0.465 e. The van der Waals surface area contributed by atoms with E-state index in [1.165, 1.54) is 6.42 Å². The molecule has 3 heteroatoms. The van der Waals surface area contributed by atoms with E-state index in [4.69, 9.17) is 4.74 Å². The monoisotopic (exact) mass is 196 g/mol. The molecule has 2 saturated carbocycles. The normalized spacial score (nSPS) is 35.8. The molecular weight excluding hydrogens is 180 g/mol. The van der Waals surface area contributed by atoms with E-state index in [1.807, 2.05) is 0 Å². The molecule has 0 N–H and O–H groups in total. The fraction of sp³-hybridized carbons (Fsp3) is 0.818. The summed E-state index contributed by atoms with van der Waals surface area (Å²) in [6.45, 7) is 2.16. The lowest BCUT2D eigenvalue weighted by Crippen LogP contribution is -2.27. The zero-order chi connectivity index (χ0) is 10.1. The van der Waals surface area contributed by atoms with Crippen LogP contribution in [-0.2, 0) is 14.3 Å². The molecule has 14 heavy (non-hydrogen) atoms. The van der Waals surface area contributed by atoms with Gasteiger partial charge in [0.2, 0.25) is 0 Å². The van der Waals surface area contributed by atoms with Gasteiger partial charge in [-0.3, -0.25) is 9.59 Å². The average molecular weight is 196 g/mol. The van der Waals surface area contributed by atoms with Gasteiger partial charge in [0, 0.05) is 6.42 Å². The maximum Gasteiger partial charge on any atom is 0.316 e. The largest absolute Gasteiger partial charge is 0.465 e. The number of ether oxygens (including phenoxy) is 1. The summed E-state index contributed by atoms with van der Waals surface area (Å²) < 4.78 is 4.94. The quantitative estimate of drug-likeness (QED) is 0.497. The van der Waals surface area contributed by atoms with Crippen LogP contribution in [0.3, 0.4) is 0 Å². The van der Waals surface area contributed by atoms with Crippen LogP contribution >= 0.6 is 0 Å². The Kier molecular flexibility index (Phi) is 2.57. The van der Waals surface area contributed by atoms with Crippen molar-refractivity contribution in [2.75, 3.05) is 6.61 Å². The lowest BCUT2D eigenvalue weighted by Gasteiger charge is -2.14. The van der Waals surface area contributed by atoms with E-state index in [-0.39, 0.29) is 11.8 Å². The Bertz CT molecular complexity index is 259. The number of fused-ring (bicyclic) bond motifs is 1. The second-order valence-corrected chi connectivity index (χ2v) is 4.25. The van der Waals surface area contributed by atoms with Gasteiger partial charge in [-0.25, -0.2) is 0 Å². The van der Waals surface area contributed by atoms with E-state index < -0.39 is 5.92 Å². The second kappa shape index (κ2) is 3.71. The smallest absolute Gasteiger partial charge is 0.316 e. The van der Waals surface area contributed by atoms with Gasteiger partial charge in [-0.05, 0) is 31.6 Å². The molecule has 2 unspecified atom stereocenters. The number of carbonyl (C=O) groups is 2. The number of ketones is 1. The van der Waals surface area contributed by atoms with E-state index in [0.29, 0.717) is 24.9 Å². The maximum atomic E-state index is 11.6. The molecule has 0 bridgehead atoms. The third kappa shape index (κ3) is 1.45. The fourth-order valence-electron chi connectivity index (χ4n) is 2.92. The van der Waals surface area contributed by atoms with Gasteiger partial charge in [-0.1, -0.05) is 6.42 Å². The summed E-state index contributed by atoms with van der Waals surface area (Å²) >= 11 is 0. The van der Waals surface area contributed by atoms with Crippen molar-refractivity contribution in [1.82, 2.24) is 0 Å². The summed E-state index contributed by atoms with van der Waals surface area (Å²) in [5, 5.41) is 0. The van der Waals surface area contributed by atoms with Crippen molar-refractivity contribution in [3.8, 4) is 0 Å². The fourth-order valence-corrected chi connectivity index (χ4v) is 2.92. The number of hydrogen-bond acceptors (Lipinski definition) is 3. The van der Waals surface area contributed by atoms with Gasteiger partial charge in [0.05, 0.1) is 6.61 Å². The summed E-state index contributed by atoms with van der Waals surface area (Å²) in [6, 6.07) is 0. The number of hydrogen-bond donors (Lipinski definition) is 0. The van der Waals surface area contributed by atoms with Crippen LogP contribution in [0.1, 0.15) is 32.6 Å². The Morgan fingerprint density at radius 2 is 2.29 bits per heavy atom. The zero-order valence-electron chi connectivity index (χ0n) is 8.49. The number of carbonyl (C=O) groups excluding carboxylic acids is 2. The van der Waals surface area contributed by atoms with Crippen LogP contribution in [0.2, 0.25) is 0 Å². The first-order valence-corrected chi connectivity index (χ1v) is 5.43. The Labute approximate surface area is 83.8 Å². The Balaban J connectivity index is 2.09. The number of Topliss-reactive ketones (excluding diaryl/α,β-unsaturated/α-hetero) is 1. The third-order valence-electron chi connectivity index (χ3n) is 3.50. The van der Waals surface area contributed by atoms with E-state index in [1.54, 1.807) is 6.92 Å². The molecule has 2 aliphatic rings. The highest BCUT2D eigenvalue weighted by molar-refractivity contribution is 6.01. The molecule has 2 aliphatic carbocycles. The van der Waals surface area contributed by atoms with Crippen molar-refractivity contribution < 1.29 is 14.3 Å². The van der Waals surface area contributed by atoms with Crippen molar-refractivity contribution in [2.24, 2.45) is 17.8 Å².